The lowest BCUT2D eigenvalue weighted by molar-refractivity contribution is -0.113. The van der Waals surface area contributed by atoms with Gasteiger partial charge in [-0.2, -0.15) is 0 Å². The van der Waals surface area contributed by atoms with E-state index >= 15 is 0 Å². The maximum absolute atomic E-state index is 10.8. The molecule has 0 aromatic carbocycles. The fourth-order valence-electron chi connectivity index (χ4n) is 1.50. The molecule has 0 aromatic rings. The van der Waals surface area contributed by atoms with Gasteiger partial charge in [-0.15, -0.1) is 6.58 Å². The van der Waals surface area contributed by atoms with E-state index in [-0.39, 0.29) is 5.41 Å². The zero-order valence-corrected chi connectivity index (χ0v) is 10.2. The third kappa shape index (κ3) is 7.12. The Hall–Kier alpha value is -0.850. The summed E-state index contributed by atoms with van der Waals surface area (Å²) < 4.78 is 0. The Bertz CT molecular complexity index is 195. The molecule has 0 saturated heterocycles. The second-order valence-electron chi connectivity index (χ2n) is 4.35. The van der Waals surface area contributed by atoms with Crippen molar-refractivity contribution in [3.8, 4) is 0 Å². The van der Waals surface area contributed by atoms with Crippen LogP contribution in [-0.4, -0.2) is 6.29 Å². The van der Waals surface area contributed by atoms with Gasteiger partial charge in [-0.25, -0.2) is 0 Å². The first-order valence-corrected chi connectivity index (χ1v) is 5.89. The molecule has 0 rings (SSSR count). The van der Waals surface area contributed by atoms with Crippen LogP contribution in [-0.2, 0) is 4.79 Å². The molecule has 1 unspecified atom stereocenters. The zero-order chi connectivity index (χ0) is 11.6. The summed E-state index contributed by atoms with van der Waals surface area (Å²) in [5, 5.41) is 0. The Morgan fingerprint density at radius 1 is 1.20 bits per heavy atom. The standard InChI is InChI=1S/C14H24O/c1-4-6-7-8-9-10-11-12-14(3,5-2)13-15/h4-6,13H,2,7-12H2,1,3H3/b6-4+. The van der Waals surface area contributed by atoms with E-state index in [1.807, 2.05) is 6.92 Å². The van der Waals surface area contributed by atoms with E-state index < -0.39 is 0 Å². The Morgan fingerprint density at radius 3 is 2.40 bits per heavy atom. The molecular formula is C14H24O. The van der Waals surface area contributed by atoms with Crippen molar-refractivity contribution in [3.05, 3.63) is 24.8 Å². The lowest BCUT2D eigenvalue weighted by Crippen LogP contribution is -2.13. The van der Waals surface area contributed by atoms with Gasteiger partial charge in [0.1, 0.15) is 6.29 Å². The van der Waals surface area contributed by atoms with E-state index in [4.69, 9.17) is 0 Å². The number of carbonyl (C=O) groups is 1. The van der Waals surface area contributed by atoms with Crippen LogP contribution in [0.1, 0.15) is 52.4 Å². The molecule has 0 aliphatic rings. The molecule has 0 aliphatic heterocycles. The highest BCUT2D eigenvalue weighted by molar-refractivity contribution is 5.61. The molecule has 1 atom stereocenters. The molecule has 0 spiro atoms. The third-order valence-electron chi connectivity index (χ3n) is 2.81. The van der Waals surface area contributed by atoms with Gasteiger partial charge in [0.05, 0.1) is 0 Å². The summed E-state index contributed by atoms with van der Waals surface area (Å²) in [5.41, 5.74) is -0.302. The lowest BCUT2D eigenvalue weighted by Gasteiger charge is -2.17. The first-order valence-electron chi connectivity index (χ1n) is 5.89. The molecule has 1 nitrogen and oxygen atoms in total. The van der Waals surface area contributed by atoms with Gasteiger partial charge in [0.25, 0.3) is 0 Å². The Balaban J connectivity index is 3.45. The van der Waals surface area contributed by atoms with Gasteiger partial charge in [0, 0.05) is 5.41 Å². The van der Waals surface area contributed by atoms with Crippen molar-refractivity contribution >= 4 is 6.29 Å². The molecule has 0 fully saturated rings. The Labute approximate surface area is 94.3 Å². The fraction of sp³-hybridized carbons (Fsp3) is 0.643. The maximum atomic E-state index is 10.8. The van der Waals surface area contributed by atoms with Crippen LogP contribution < -0.4 is 0 Å². The van der Waals surface area contributed by atoms with Crippen LogP contribution in [0, 0.1) is 5.41 Å². The van der Waals surface area contributed by atoms with E-state index in [2.05, 4.69) is 25.7 Å². The molecule has 0 N–H and O–H groups in total. The molecule has 86 valence electrons. The molecule has 0 radical (unpaired) electrons. The van der Waals surface area contributed by atoms with Crippen molar-refractivity contribution in [2.75, 3.05) is 0 Å². The topological polar surface area (TPSA) is 17.1 Å². The number of allylic oxidation sites excluding steroid dienone is 3. The quantitative estimate of drug-likeness (QED) is 0.314. The first kappa shape index (κ1) is 14.2. The first-order chi connectivity index (χ1) is 7.18. The molecule has 0 bridgehead atoms. The van der Waals surface area contributed by atoms with Crippen molar-refractivity contribution in [1.82, 2.24) is 0 Å². The minimum Gasteiger partial charge on any atom is -0.302 e. The minimum atomic E-state index is -0.302. The largest absolute Gasteiger partial charge is 0.302 e. The van der Waals surface area contributed by atoms with Crippen LogP contribution in [0.3, 0.4) is 0 Å². The Kier molecular flexibility index (Phi) is 7.98. The van der Waals surface area contributed by atoms with Crippen molar-refractivity contribution in [2.45, 2.75) is 52.4 Å². The highest BCUT2D eigenvalue weighted by Gasteiger charge is 2.17. The molecule has 15 heavy (non-hydrogen) atoms. The Morgan fingerprint density at radius 2 is 1.87 bits per heavy atom. The average molecular weight is 208 g/mol. The van der Waals surface area contributed by atoms with Gasteiger partial charge in [0.15, 0.2) is 0 Å². The molecular weight excluding hydrogens is 184 g/mol. The van der Waals surface area contributed by atoms with Crippen LogP contribution in [0.25, 0.3) is 0 Å². The van der Waals surface area contributed by atoms with Gasteiger partial charge in [-0.05, 0) is 33.1 Å². The van der Waals surface area contributed by atoms with Gasteiger partial charge < -0.3 is 4.79 Å². The molecule has 0 amide bonds. The second-order valence-corrected chi connectivity index (χ2v) is 4.35. The predicted molar refractivity (Wildman–Crippen MR) is 66.9 cm³/mol. The number of hydrogen-bond donors (Lipinski definition) is 0. The smallest absolute Gasteiger partial charge is 0.129 e. The number of unbranched alkanes of at least 4 members (excludes halogenated alkanes) is 4. The summed E-state index contributed by atoms with van der Waals surface area (Å²) in [4.78, 5) is 10.8. The molecule has 0 saturated carbocycles. The van der Waals surface area contributed by atoms with E-state index in [0.29, 0.717) is 0 Å². The van der Waals surface area contributed by atoms with Crippen LogP contribution in [0.2, 0.25) is 0 Å². The highest BCUT2D eigenvalue weighted by Crippen LogP contribution is 2.23. The summed E-state index contributed by atoms with van der Waals surface area (Å²) in [6.07, 6.45) is 14.1. The van der Waals surface area contributed by atoms with Crippen molar-refractivity contribution in [1.29, 1.82) is 0 Å². The SMILES string of the molecule is C=CC(C)(C=O)CCCCCC/C=C/C. The summed E-state index contributed by atoms with van der Waals surface area (Å²) >= 11 is 0. The van der Waals surface area contributed by atoms with E-state index in [1.54, 1.807) is 6.08 Å². The van der Waals surface area contributed by atoms with Gasteiger partial charge in [-0.1, -0.05) is 37.5 Å². The fourth-order valence-corrected chi connectivity index (χ4v) is 1.50. The van der Waals surface area contributed by atoms with E-state index in [9.17, 15) is 4.79 Å². The van der Waals surface area contributed by atoms with E-state index in [0.717, 1.165) is 19.1 Å². The normalized spacial score (nSPS) is 15.1. The number of aldehydes is 1. The number of hydrogen-bond acceptors (Lipinski definition) is 1. The summed E-state index contributed by atoms with van der Waals surface area (Å²) in [7, 11) is 0. The molecule has 0 aliphatic carbocycles. The second kappa shape index (κ2) is 8.46. The van der Waals surface area contributed by atoms with Crippen molar-refractivity contribution < 1.29 is 4.79 Å². The number of rotatable bonds is 9. The van der Waals surface area contributed by atoms with Crippen LogP contribution in [0.15, 0.2) is 24.8 Å². The lowest BCUT2D eigenvalue weighted by atomic mass is 9.86. The summed E-state index contributed by atoms with van der Waals surface area (Å²) in [5.74, 6) is 0. The average Bonchev–Trinajstić information content (AvgIpc) is 2.27. The minimum absolute atomic E-state index is 0.302. The van der Waals surface area contributed by atoms with Crippen LogP contribution >= 0.6 is 0 Å². The van der Waals surface area contributed by atoms with Crippen molar-refractivity contribution in [3.63, 3.8) is 0 Å². The summed E-state index contributed by atoms with van der Waals surface area (Å²) in [6, 6.07) is 0. The molecule has 1 heteroatoms. The van der Waals surface area contributed by atoms with Crippen LogP contribution in [0.5, 0.6) is 0 Å². The highest BCUT2D eigenvalue weighted by atomic mass is 16.1. The van der Waals surface area contributed by atoms with Gasteiger partial charge in [-0.3, -0.25) is 0 Å². The van der Waals surface area contributed by atoms with E-state index in [1.165, 1.54) is 25.7 Å². The van der Waals surface area contributed by atoms with Crippen LogP contribution in [0.4, 0.5) is 0 Å². The molecule has 0 aromatic heterocycles. The molecule has 0 heterocycles. The van der Waals surface area contributed by atoms with Gasteiger partial charge in [0.2, 0.25) is 0 Å². The zero-order valence-electron chi connectivity index (χ0n) is 10.2. The summed E-state index contributed by atoms with van der Waals surface area (Å²) in [6.45, 7) is 7.71. The van der Waals surface area contributed by atoms with Gasteiger partial charge >= 0.3 is 0 Å². The monoisotopic (exact) mass is 208 g/mol. The predicted octanol–water partition coefficient (Wildman–Crippen LogP) is 4.29. The number of carbonyl (C=O) groups excluding carboxylic acids is 1. The third-order valence-corrected chi connectivity index (χ3v) is 2.81. The maximum Gasteiger partial charge on any atom is 0.129 e. The van der Waals surface area contributed by atoms with Crippen molar-refractivity contribution in [2.24, 2.45) is 5.41 Å².